The van der Waals surface area contributed by atoms with Gasteiger partial charge in [0.1, 0.15) is 28.2 Å². The SMILES string of the molecule is CC.CC(CCN1CCCC1)C(=O)N(C)C.COc1nc2c3c(nc(-c4cc(N)c(F)c(C)c4C(F)(F)F)c(F)c3n1)OC(C)CCNCCN2. The first-order chi connectivity index (χ1) is 24.1. The highest BCUT2D eigenvalue weighted by Crippen LogP contribution is 2.44. The van der Waals surface area contributed by atoms with E-state index >= 15 is 4.39 Å². The van der Waals surface area contributed by atoms with E-state index in [1.807, 2.05) is 34.9 Å². The van der Waals surface area contributed by atoms with Crippen LogP contribution in [0.5, 0.6) is 11.9 Å². The van der Waals surface area contributed by atoms with Gasteiger partial charge in [-0.1, -0.05) is 20.8 Å². The van der Waals surface area contributed by atoms with Crippen molar-refractivity contribution in [3.63, 3.8) is 0 Å². The van der Waals surface area contributed by atoms with Crippen molar-refractivity contribution in [2.45, 2.75) is 72.6 Å². The number of rotatable bonds is 6. The highest BCUT2D eigenvalue weighted by Gasteiger charge is 2.39. The fraction of sp³-hybridized carbons (Fsp3) is 0.600. The zero-order chi connectivity index (χ0) is 38.0. The van der Waals surface area contributed by atoms with Crippen molar-refractivity contribution in [2.75, 3.05) is 71.5 Å². The van der Waals surface area contributed by atoms with Crippen LogP contribution in [0.15, 0.2) is 6.07 Å². The molecule has 0 aliphatic carbocycles. The number of nitrogens with two attached hydrogens (primary N) is 1. The van der Waals surface area contributed by atoms with E-state index in [9.17, 15) is 22.4 Å². The molecule has 2 aromatic heterocycles. The molecule has 1 fully saturated rings. The quantitative estimate of drug-likeness (QED) is 0.197. The maximum Gasteiger partial charge on any atom is 0.417 e. The Kier molecular flexibility index (Phi) is 15.0. The number of nitrogens with one attached hydrogen (secondary N) is 2. The molecule has 2 aliphatic heterocycles. The van der Waals surface area contributed by atoms with Gasteiger partial charge in [-0.2, -0.15) is 23.1 Å². The number of hydrogen-bond donors (Lipinski definition) is 3. The van der Waals surface area contributed by atoms with Crippen molar-refractivity contribution in [3.8, 4) is 23.1 Å². The molecule has 0 bridgehead atoms. The number of halogens is 5. The first-order valence-electron chi connectivity index (χ1n) is 17.3. The maximum absolute atomic E-state index is 15.9. The van der Waals surface area contributed by atoms with Gasteiger partial charge in [0, 0.05) is 38.7 Å². The number of alkyl halides is 3. The van der Waals surface area contributed by atoms with E-state index in [0.29, 0.717) is 32.1 Å². The average Bonchev–Trinajstić information content (AvgIpc) is 3.61. The third kappa shape index (κ3) is 10.3. The van der Waals surface area contributed by atoms with E-state index in [-0.39, 0.29) is 40.4 Å². The van der Waals surface area contributed by atoms with Crippen LogP contribution in [0, 0.1) is 24.5 Å². The summed E-state index contributed by atoms with van der Waals surface area (Å²) >= 11 is 0. The number of likely N-dealkylation sites (tertiary alicyclic amines) is 1. The highest BCUT2D eigenvalue weighted by molar-refractivity contribution is 5.96. The third-order valence-corrected chi connectivity index (χ3v) is 8.55. The fourth-order valence-electron chi connectivity index (χ4n) is 5.87. The highest BCUT2D eigenvalue weighted by atomic mass is 19.4. The van der Waals surface area contributed by atoms with Gasteiger partial charge in [0.25, 0.3) is 0 Å². The number of hydrogen-bond acceptors (Lipinski definition) is 10. The largest absolute Gasteiger partial charge is 0.474 e. The number of carbonyl (C=O) groups excluding carboxylic acids is 1. The van der Waals surface area contributed by atoms with Crippen molar-refractivity contribution in [2.24, 2.45) is 5.92 Å². The number of pyridine rings is 1. The molecule has 0 spiro atoms. The van der Waals surface area contributed by atoms with Crippen LogP contribution < -0.4 is 25.8 Å². The Balaban J connectivity index is 0.000000368. The molecule has 0 radical (unpaired) electrons. The molecule has 5 rings (SSSR count). The molecule has 1 aromatic carbocycles. The lowest BCUT2D eigenvalue weighted by atomic mass is 9.96. The molecule has 3 aromatic rings. The van der Waals surface area contributed by atoms with Crippen molar-refractivity contribution in [1.29, 1.82) is 0 Å². The summed E-state index contributed by atoms with van der Waals surface area (Å²) in [6.45, 7) is 13.8. The zero-order valence-electron chi connectivity index (χ0n) is 30.7. The molecule has 2 atom stereocenters. The number of aromatic nitrogens is 3. The third-order valence-electron chi connectivity index (χ3n) is 8.55. The molecular weight excluding hydrogens is 675 g/mol. The Morgan fingerprint density at radius 2 is 1.78 bits per heavy atom. The van der Waals surface area contributed by atoms with Gasteiger partial charge in [-0.3, -0.25) is 4.79 Å². The number of amides is 1. The second kappa shape index (κ2) is 18.4. The number of benzene rings is 1. The van der Waals surface area contributed by atoms with Crippen LogP contribution in [0.25, 0.3) is 22.2 Å². The summed E-state index contributed by atoms with van der Waals surface area (Å²) in [5, 5.41) is 6.28. The summed E-state index contributed by atoms with van der Waals surface area (Å²) < 4.78 is 83.3. The fourth-order valence-corrected chi connectivity index (χ4v) is 5.87. The van der Waals surface area contributed by atoms with Crippen LogP contribution in [0.2, 0.25) is 0 Å². The Morgan fingerprint density at radius 3 is 2.39 bits per heavy atom. The molecule has 2 aliphatic rings. The Labute approximate surface area is 296 Å². The molecular formula is C35H51F5N8O3. The second-order valence-corrected chi connectivity index (χ2v) is 12.6. The molecule has 1 saturated heterocycles. The number of nitrogen functional groups attached to an aromatic ring is 1. The first kappa shape index (κ1) is 41.4. The molecule has 0 saturated carbocycles. The molecule has 284 valence electrons. The van der Waals surface area contributed by atoms with Crippen molar-refractivity contribution in [3.05, 3.63) is 28.8 Å². The Morgan fingerprint density at radius 1 is 1.12 bits per heavy atom. The topological polar surface area (TPSA) is 131 Å². The van der Waals surface area contributed by atoms with E-state index in [1.165, 1.54) is 33.0 Å². The summed E-state index contributed by atoms with van der Waals surface area (Å²) in [5.41, 5.74) is 1.04. The molecule has 4 N–H and O–H groups in total. The smallest absolute Gasteiger partial charge is 0.417 e. The monoisotopic (exact) mass is 726 g/mol. The number of ether oxygens (including phenoxy) is 2. The van der Waals surface area contributed by atoms with Gasteiger partial charge >= 0.3 is 12.2 Å². The standard InChI is InChI=1S/C22H23F5N6O2.C11H22N2O.C2H6/c1-9-4-5-29-6-7-30-19-13-18(32-21(33-19)34-3)16(24)17(31-20(13)35-9)11-8-12(28)15(23)10(2)14(11)22(25,26)27;1-10(11(14)12(2)3)6-9-13-7-4-5-8-13;1-2/h8-9,29H,4-7,28H2,1-3H3,(H,30,32,33);10H,4-9H2,1-3H3;1-2H3. The first-order valence-corrected chi connectivity index (χ1v) is 17.3. The summed E-state index contributed by atoms with van der Waals surface area (Å²) in [5.74, 6) is -2.04. The van der Waals surface area contributed by atoms with Crippen LogP contribution >= 0.6 is 0 Å². The van der Waals surface area contributed by atoms with Gasteiger partial charge in [-0.05, 0) is 77.3 Å². The molecule has 11 nitrogen and oxygen atoms in total. The van der Waals surface area contributed by atoms with Gasteiger partial charge in [0.2, 0.25) is 11.8 Å². The van der Waals surface area contributed by atoms with Crippen LogP contribution in [-0.4, -0.2) is 97.2 Å². The average molecular weight is 727 g/mol. The van der Waals surface area contributed by atoms with Gasteiger partial charge in [-0.25, -0.2) is 13.8 Å². The van der Waals surface area contributed by atoms with Gasteiger partial charge < -0.3 is 35.6 Å². The minimum absolute atomic E-state index is 0.0427. The Bertz CT molecular complexity index is 1630. The van der Waals surface area contributed by atoms with E-state index in [0.717, 1.165) is 19.9 Å². The van der Waals surface area contributed by atoms with E-state index < -0.39 is 52.0 Å². The van der Waals surface area contributed by atoms with Crippen LogP contribution in [-0.2, 0) is 11.0 Å². The van der Waals surface area contributed by atoms with E-state index in [4.69, 9.17) is 15.2 Å². The van der Waals surface area contributed by atoms with Crippen LogP contribution in [0.1, 0.15) is 64.5 Å². The van der Waals surface area contributed by atoms with Crippen molar-refractivity contribution < 1.29 is 36.2 Å². The number of nitrogens with zero attached hydrogens (tertiary/aromatic N) is 5. The number of carbonyl (C=O) groups is 1. The van der Waals surface area contributed by atoms with Crippen molar-refractivity contribution >= 4 is 28.3 Å². The number of anilines is 2. The molecule has 51 heavy (non-hydrogen) atoms. The summed E-state index contributed by atoms with van der Waals surface area (Å²) in [6, 6.07) is 0.495. The molecule has 1 amide bonds. The van der Waals surface area contributed by atoms with Gasteiger partial charge in [0.05, 0.1) is 24.5 Å². The summed E-state index contributed by atoms with van der Waals surface area (Å²) in [7, 11) is 4.93. The number of methoxy groups -OCH3 is 1. The van der Waals surface area contributed by atoms with Crippen LogP contribution in [0.4, 0.5) is 33.5 Å². The van der Waals surface area contributed by atoms with E-state index in [1.54, 1.807) is 11.8 Å². The maximum atomic E-state index is 15.9. The van der Waals surface area contributed by atoms with Gasteiger partial charge in [-0.15, -0.1) is 0 Å². The predicted molar refractivity (Wildman–Crippen MR) is 189 cm³/mol. The second-order valence-electron chi connectivity index (χ2n) is 12.6. The lowest BCUT2D eigenvalue weighted by Crippen LogP contribution is -2.31. The minimum atomic E-state index is -5.02. The zero-order valence-corrected chi connectivity index (χ0v) is 30.7. The molecule has 16 heteroatoms. The van der Waals surface area contributed by atoms with E-state index in [2.05, 4.69) is 30.5 Å². The van der Waals surface area contributed by atoms with Crippen LogP contribution in [0.3, 0.4) is 0 Å². The predicted octanol–water partition coefficient (Wildman–Crippen LogP) is 6.28. The summed E-state index contributed by atoms with van der Waals surface area (Å²) in [4.78, 5) is 28.1. The lowest BCUT2D eigenvalue weighted by molar-refractivity contribution is -0.137. The molecule has 4 heterocycles. The lowest BCUT2D eigenvalue weighted by Gasteiger charge is -2.21. The normalized spacial score (nSPS) is 17.1. The molecule has 2 unspecified atom stereocenters. The minimum Gasteiger partial charge on any atom is -0.474 e. The summed E-state index contributed by atoms with van der Waals surface area (Å²) in [6.07, 6.45) is -1.26. The van der Waals surface area contributed by atoms with Gasteiger partial charge in [0.15, 0.2) is 5.82 Å². The van der Waals surface area contributed by atoms with Crippen molar-refractivity contribution in [1.82, 2.24) is 30.1 Å². The Hall–Kier alpha value is -4.05.